The van der Waals surface area contributed by atoms with Gasteiger partial charge < -0.3 is 4.90 Å². The van der Waals surface area contributed by atoms with Gasteiger partial charge in [-0.2, -0.15) is 0 Å². The molecule has 116 valence electrons. The number of aryl methyl sites for hydroxylation is 1. The summed E-state index contributed by atoms with van der Waals surface area (Å²) in [5.41, 5.74) is 3.92. The summed E-state index contributed by atoms with van der Waals surface area (Å²) in [6.07, 6.45) is 0. The zero-order valence-corrected chi connectivity index (χ0v) is 13.8. The first-order valence-electron chi connectivity index (χ1n) is 7.62. The number of amides is 1. The molecule has 2 heterocycles. The van der Waals surface area contributed by atoms with Gasteiger partial charge in [-0.05, 0) is 19.4 Å². The monoisotopic (exact) mass is 315 g/mol. The molecular weight excluding hydrogens is 294 g/mol. The first-order chi connectivity index (χ1) is 10.6. The number of hydrogen-bond donors (Lipinski definition) is 0. The van der Waals surface area contributed by atoms with Crippen LogP contribution in [0.15, 0.2) is 35.8 Å². The maximum absolute atomic E-state index is 12.6. The van der Waals surface area contributed by atoms with E-state index in [1.807, 2.05) is 17.9 Å². The van der Waals surface area contributed by atoms with E-state index >= 15 is 0 Å². The molecule has 1 amide bonds. The number of thiazole rings is 1. The summed E-state index contributed by atoms with van der Waals surface area (Å²) in [6.45, 7) is 7.60. The Morgan fingerprint density at radius 3 is 2.73 bits per heavy atom. The van der Waals surface area contributed by atoms with Gasteiger partial charge in [0.15, 0.2) is 0 Å². The second kappa shape index (κ2) is 6.58. The second-order valence-electron chi connectivity index (χ2n) is 5.84. The lowest BCUT2D eigenvalue weighted by molar-refractivity contribution is 0.0479. The summed E-state index contributed by atoms with van der Waals surface area (Å²) >= 11 is 1.44. The third kappa shape index (κ3) is 3.20. The van der Waals surface area contributed by atoms with Crippen LogP contribution in [0.2, 0.25) is 0 Å². The van der Waals surface area contributed by atoms with Crippen LogP contribution in [-0.4, -0.2) is 46.4 Å². The van der Waals surface area contributed by atoms with Crippen molar-refractivity contribution in [3.05, 3.63) is 52.0 Å². The molecule has 1 aromatic heterocycles. The molecule has 0 radical (unpaired) electrons. The van der Waals surface area contributed by atoms with Crippen molar-refractivity contribution >= 4 is 17.2 Å². The second-order valence-corrected chi connectivity index (χ2v) is 6.69. The number of benzene rings is 1. The lowest BCUT2D eigenvalue weighted by atomic mass is 10.1. The van der Waals surface area contributed by atoms with Crippen LogP contribution in [0, 0.1) is 6.92 Å². The molecule has 0 spiro atoms. The molecule has 1 atom stereocenters. The van der Waals surface area contributed by atoms with Gasteiger partial charge in [0.05, 0.1) is 11.2 Å². The maximum Gasteiger partial charge on any atom is 0.266 e. The van der Waals surface area contributed by atoms with Gasteiger partial charge in [0.25, 0.3) is 5.91 Å². The summed E-state index contributed by atoms with van der Waals surface area (Å²) in [5.74, 6) is 0.131. The zero-order valence-electron chi connectivity index (χ0n) is 13.0. The highest BCUT2D eigenvalue weighted by Gasteiger charge is 2.29. The molecule has 3 rings (SSSR count). The molecular formula is C17H21N3OS. The van der Waals surface area contributed by atoms with Crippen molar-refractivity contribution in [1.82, 2.24) is 14.8 Å². The Morgan fingerprint density at radius 2 is 2.09 bits per heavy atom. The standard InChI is InChI=1S/C17H21N3OS/c1-13-10-19(11-15-6-4-3-5-7-15)8-9-20(13)17(21)16-14(2)18-12-22-16/h3-7,12-13H,8-11H2,1-2H3/t13-/m1/s1. The minimum Gasteiger partial charge on any atom is -0.333 e. The average Bonchev–Trinajstić information content (AvgIpc) is 2.94. The zero-order chi connectivity index (χ0) is 15.5. The van der Waals surface area contributed by atoms with Gasteiger partial charge in [0.1, 0.15) is 4.88 Å². The molecule has 0 bridgehead atoms. The fourth-order valence-electron chi connectivity index (χ4n) is 2.96. The summed E-state index contributed by atoms with van der Waals surface area (Å²) in [6, 6.07) is 10.7. The van der Waals surface area contributed by atoms with E-state index in [1.54, 1.807) is 5.51 Å². The number of hydrogen-bond acceptors (Lipinski definition) is 4. The van der Waals surface area contributed by atoms with E-state index in [4.69, 9.17) is 0 Å². The van der Waals surface area contributed by atoms with E-state index in [0.29, 0.717) is 0 Å². The van der Waals surface area contributed by atoms with Crippen LogP contribution in [0.25, 0.3) is 0 Å². The molecule has 1 aromatic carbocycles. The highest BCUT2D eigenvalue weighted by molar-refractivity contribution is 7.11. The number of nitrogens with zero attached hydrogens (tertiary/aromatic N) is 3. The Hall–Kier alpha value is -1.72. The van der Waals surface area contributed by atoms with Gasteiger partial charge in [-0.3, -0.25) is 9.69 Å². The van der Waals surface area contributed by atoms with E-state index < -0.39 is 0 Å². The topological polar surface area (TPSA) is 36.4 Å². The highest BCUT2D eigenvalue weighted by atomic mass is 32.1. The molecule has 22 heavy (non-hydrogen) atoms. The van der Waals surface area contributed by atoms with Crippen molar-refractivity contribution in [3.8, 4) is 0 Å². The summed E-state index contributed by atoms with van der Waals surface area (Å²) < 4.78 is 0. The van der Waals surface area contributed by atoms with Crippen LogP contribution in [-0.2, 0) is 6.54 Å². The maximum atomic E-state index is 12.6. The van der Waals surface area contributed by atoms with Crippen molar-refractivity contribution in [2.45, 2.75) is 26.4 Å². The smallest absolute Gasteiger partial charge is 0.266 e. The Morgan fingerprint density at radius 1 is 1.32 bits per heavy atom. The number of carbonyl (C=O) groups is 1. The summed E-state index contributed by atoms with van der Waals surface area (Å²) in [7, 11) is 0. The third-order valence-electron chi connectivity index (χ3n) is 4.16. The molecule has 5 heteroatoms. The van der Waals surface area contributed by atoms with Gasteiger partial charge in [-0.25, -0.2) is 4.98 Å². The number of rotatable bonds is 3. The molecule has 1 aliphatic heterocycles. The molecule has 0 aliphatic carbocycles. The van der Waals surface area contributed by atoms with Crippen LogP contribution < -0.4 is 0 Å². The molecule has 0 unspecified atom stereocenters. The van der Waals surface area contributed by atoms with Crippen LogP contribution in [0.5, 0.6) is 0 Å². The number of carbonyl (C=O) groups excluding carboxylic acids is 1. The first-order valence-corrected chi connectivity index (χ1v) is 8.50. The molecule has 2 aromatic rings. The fraction of sp³-hybridized carbons (Fsp3) is 0.412. The molecule has 4 nitrogen and oxygen atoms in total. The summed E-state index contributed by atoms with van der Waals surface area (Å²) in [4.78, 5) is 22.0. The van der Waals surface area contributed by atoms with Gasteiger partial charge in [0, 0.05) is 32.2 Å². The Bertz CT molecular complexity index is 640. The number of aromatic nitrogens is 1. The van der Waals surface area contributed by atoms with Crippen molar-refractivity contribution in [1.29, 1.82) is 0 Å². The first kappa shape index (κ1) is 15.2. The third-order valence-corrected chi connectivity index (χ3v) is 5.08. The SMILES string of the molecule is Cc1ncsc1C(=O)N1CCN(Cc2ccccc2)C[C@H]1C. The normalized spacial score (nSPS) is 19.4. The van der Waals surface area contributed by atoms with Gasteiger partial charge in [-0.1, -0.05) is 30.3 Å². The minimum atomic E-state index is 0.131. The van der Waals surface area contributed by atoms with Crippen molar-refractivity contribution < 1.29 is 4.79 Å². The van der Waals surface area contributed by atoms with E-state index in [0.717, 1.165) is 36.8 Å². The van der Waals surface area contributed by atoms with Crippen LogP contribution in [0.1, 0.15) is 27.9 Å². The molecule has 0 N–H and O–H groups in total. The van der Waals surface area contributed by atoms with Gasteiger partial charge in [0.2, 0.25) is 0 Å². The predicted octanol–water partition coefficient (Wildman–Crippen LogP) is 2.80. The lowest BCUT2D eigenvalue weighted by Crippen LogP contribution is -2.53. The Balaban J connectivity index is 1.63. The molecule has 1 aliphatic rings. The molecule has 0 saturated carbocycles. The fourth-order valence-corrected chi connectivity index (χ4v) is 3.72. The lowest BCUT2D eigenvalue weighted by Gasteiger charge is -2.39. The largest absolute Gasteiger partial charge is 0.333 e. The van der Waals surface area contributed by atoms with Crippen LogP contribution in [0.4, 0.5) is 0 Å². The van der Waals surface area contributed by atoms with Crippen molar-refractivity contribution in [3.63, 3.8) is 0 Å². The van der Waals surface area contributed by atoms with Crippen LogP contribution >= 0.6 is 11.3 Å². The van der Waals surface area contributed by atoms with Gasteiger partial charge in [-0.15, -0.1) is 11.3 Å². The van der Waals surface area contributed by atoms with Gasteiger partial charge >= 0.3 is 0 Å². The highest BCUT2D eigenvalue weighted by Crippen LogP contribution is 2.20. The quantitative estimate of drug-likeness (QED) is 0.874. The predicted molar refractivity (Wildman–Crippen MR) is 89.1 cm³/mol. The van der Waals surface area contributed by atoms with E-state index in [2.05, 4.69) is 41.1 Å². The van der Waals surface area contributed by atoms with Crippen molar-refractivity contribution in [2.75, 3.05) is 19.6 Å². The Labute approximate surface area is 135 Å². The molecule has 1 fully saturated rings. The van der Waals surface area contributed by atoms with Crippen LogP contribution in [0.3, 0.4) is 0 Å². The average molecular weight is 315 g/mol. The minimum absolute atomic E-state index is 0.131. The van der Waals surface area contributed by atoms with E-state index in [-0.39, 0.29) is 11.9 Å². The summed E-state index contributed by atoms with van der Waals surface area (Å²) in [5, 5.41) is 0. The molecule has 1 saturated heterocycles. The van der Waals surface area contributed by atoms with Crippen molar-refractivity contribution in [2.24, 2.45) is 0 Å². The number of piperazine rings is 1. The Kier molecular flexibility index (Phi) is 4.55. The van der Waals surface area contributed by atoms with E-state index in [9.17, 15) is 4.79 Å². The van der Waals surface area contributed by atoms with E-state index in [1.165, 1.54) is 16.9 Å².